The fraction of sp³-hybridized carbons (Fsp3) is 0.588. The van der Waals surface area contributed by atoms with Crippen molar-refractivity contribution in [2.45, 2.75) is 31.2 Å². The zero-order valence-corrected chi connectivity index (χ0v) is 14.0. The van der Waals surface area contributed by atoms with Gasteiger partial charge in [0.15, 0.2) is 11.5 Å². The van der Waals surface area contributed by atoms with E-state index in [1.54, 1.807) is 6.92 Å². The summed E-state index contributed by atoms with van der Waals surface area (Å²) in [5, 5.41) is 22.0. The van der Waals surface area contributed by atoms with Gasteiger partial charge in [-0.05, 0) is 6.92 Å². The zero-order chi connectivity index (χ0) is 17.9. The van der Waals surface area contributed by atoms with Crippen molar-refractivity contribution in [2.75, 3.05) is 26.9 Å². The van der Waals surface area contributed by atoms with Gasteiger partial charge in [0, 0.05) is 30.8 Å². The van der Waals surface area contributed by atoms with Gasteiger partial charge in [-0.1, -0.05) is 0 Å². The Kier molecular flexibility index (Phi) is 3.51. The average Bonchev–Trinajstić information content (AvgIpc) is 3.22. The number of nitrogens with one attached hydrogen (secondary N) is 1. The lowest BCUT2D eigenvalue weighted by Crippen LogP contribution is -2.54. The molecule has 4 atom stereocenters. The van der Waals surface area contributed by atoms with Crippen LogP contribution in [-0.2, 0) is 19.1 Å². The van der Waals surface area contributed by atoms with E-state index in [2.05, 4.69) is 5.32 Å². The van der Waals surface area contributed by atoms with E-state index in [9.17, 15) is 14.7 Å². The van der Waals surface area contributed by atoms with Gasteiger partial charge in [-0.3, -0.25) is 9.59 Å². The molecule has 4 unspecified atom stereocenters. The SMILES string of the molecule is COC12C(CO)C3=C(C(=O)C(C)=C(OCCC#N)C3=O)N1CC1NC12. The Balaban J connectivity index is 1.76. The number of carbonyl (C=O) groups excluding carboxylic acids is 2. The molecule has 0 aromatic heterocycles. The molecular formula is C17H19N3O5. The molecule has 0 spiro atoms. The summed E-state index contributed by atoms with van der Waals surface area (Å²) in [7, 11) is 1.54. The number of rotatable bonds is 5. The number of aliphatic hydroxyl groups excluding tert-OH is 1. The molecule has 0 radical (unpaired) electrons. The molecule has 4 aliphatic rings. The van der Waals surface area contributed by atoms with Crippen molar-refractivity contribution in [2.24, 2.45) is 5.92 Å². The summed E-state index contributed by atoms with van der Waals surface area (Å²) in [6.07, 6.45) is 0.120. The third-order valence-electron chi connectivity index (χ3n) is 5.62. The van der Waals surface area contributed by atoms with Crippen molar-refractivity contribution in [3.63, 3.8) is 0 Å². The molecule has 0 bridgehead atoms. The van der Waals surface area contributed by atoms with Crippen LogP contribution in [0.25, 0.3) is 0 Å². The maximum atomic E-state index is 13.0. The lowest BCUT2D eigenvalue weighted by Gasteiger charge is -2.39. The lowest BCUT2D eigenvalue weighted by atomic mass is 9.83. The first-order valence-corrected chi connectivity index (χ1v) is 8.26. The van der Waals surface area contributed by atoms with Gasteiger partial charge in [-0.15, -0.1) is 0 Å². The second kappa shape index (κ2) is 5.39. The van der Waals surface area contributed by atoms with Crippen molar-refractivity contribution in [3.05, 3.63) is 22.6 Å². The first kappa shape index (κ1) is 16.3. The molecule has 25 heavy (non-hydrogen) atoms. The van der Waals surface area contributed by atoms with Crippen LogP contribution in [0.3, 0.4) is 0 Å². The molecule has 2 fully saturated rings. The molecule has 132 valence electrons. The predicted octanol–water partition coefficient (Wildman–Crippen LogP) is -0.783. The normalized spacial score (nSPS) is 35.6. The highest BCUT2D eigenvalue weighted by molar-refractivity contribution is 6.25. The molecule has 8 nitrogen and oxygen atoms in total. The summed E-state index contributed by atoms with van der Waals surface area (Å²) < 4.78 is 11.2. The molecule has 3 heterocycles. The molecule has 2 N–H and O–H groups in total. The van der Waals surface area contributed by atoms with E-state index in [1.165, 1.54) is 7.11 Å². The number of allylic oxidation sites excluding steroid dienone is 2. The van der Waals surface area contributed by atoms with Crippen LogP contribution in [0.15, 0.2) is 22.6 Å². The number of Topliss-reactive ketones (excluding diaryl/α,β-unsaturated/α-hetero) is 2. The van der Waals surface area contributed by atoms with E-state index in [1.807, 2.05) is 11.0 Å². The zero-order valence-electron chi connectivity index (χ0n) is 14.0. The standard InChI is InChI=1S/C17H19N3O5/c1-8-13(22)12-11(14(23)15(8)25-5-3-4-18)9(7-21)17(24-2)16-10(19-16)6-20(12)17/h9-10,16,19,21H,3,5-7H2,1-2H3. The lowest BCUT2D eigenvalue weighted by molar-refractivity contribution is -0.137. The second-order valence-electron chi connectivity index (χ2n) is 6.68. The topological polar surface area (TPSA) is 122 Å². The molecule has 0 amide bonds. The van der Waals surface area contributed by atoms with Gasteiger partial charge >= 0.3 is 0 Å². The van der Waals surface area contributed by atoms with Crippen LogP contribution in [0, 0.1) is 17.2 Å². The number of aliphatic hydroxyl groups is 1. The van der Waals surface area contributed by atoms with Crippen LogP contribution in [-0.4, -0.2) is 66.2 Å². The first-order chi connectivity index (χ1) is 12.0. The monoisotopic (exact) mass is 345 g/mol. The van der Waals surface area contributed by atoms with Crippen molar-refractivity contribution in [3.8, 4) is 6.07 Å². The number of hydrogen-bond donors (Lipinski definition) is 2. The van der Waals surface area contributed by atoms with E-state index in [0.717, 1.165) is 0 Å². The van der Waals surface area contributed by atoms with Crippen LogP contribution in [0.1, 0.15) is 13.3 Å². The minimum absolute atomic E-state index is 0.0230. The van der Waals surface area contributed by atoms with Gasteiger partial charge in [0.1, 0.15) is 6.61 Å². The summed E-state index contributed by atoms with van der Waals surface area (Å²) in [6, 6.07) is 2.11. The number of nitriles is 1. The number of methoxy groups -OCH3 is 1. The fourth-order valence-corrected chi connectivity index (χ4v) is 4.49. The highest BCUT2D eigenvalue weighted by atomic mass is 16.5. The summed E-state index contributed by atoms with van der Waals surface area (Å²) in [4.78, 5) is 27.9. The molecule has 3 aliphatic heterocycles. The molecule has 0 aromatic carbocycles. The van der Waals surface area contributed by atoms with Crippen molar-refractivity contribution >= 4 is 11.6 Å². The Morgan fingerprint density at radius 2 is 2.20 bits per heavy atom. The van der Waals surface area contributed by atoms with Gasteiger partial charge in [0.05, 0.1) is 36.8 Å². The molecule has 4 rings (SSSR count). The summed E-state index contributed by atoms with van der Waals surface area (Å²) in [6.45, 7) is 1.85. The van der Waals surface area contributed by atoms with Gasteiger partial charge in [0.2, 0.25) is 11.6 Å². The molecule has 1 aliphatic carbocycles. The van der Waals surface area contributed by atoms with E-state index in [0.29, 0.717) is 12.2 Å². The van der Waals surface area contributed by atoms with Gasteiger partial charge < -0.3 is 24.8 Å². The van der Waals surface area contributed by atoms with Gasteiger partial charge in [-0.2, -0.15) is 5.26 Å². The van der Waals surface area contributed by atoms with Crippen molar-refractivity contribution < 1.29 is 24.2 Å². The number of fused-ring (bicyclic) bond motifs is 4. The molecule has 2 saturated heterocycles. The smallest absolute Gasteiger partial charge is 0.226 e. The number of ether oxygens (including phenoxy) is 2. The maximum absolute atomic E-state index is 13.0. The number of piperazine rings is 1. The van der Waals surface area contributed by atoms with Crippen LogP contribution < -0.4 is 5.32 Å². The van der Waals surface area contributed by atoms with Crippen molar-refractivity contribution in [1.82, 2.24) is 10.2 Å². The third-order valence-corrected chi connectivity index (χ3v) is 5.62. The molecular weight excluding hydrogens is 326 g/mol. The summed E-state index contributed by atoms with van der Waals surface area (Å²) >= 11 is 0. The number of carbonyl (C=O) groups is 2. The van der Waals surface area contributed by atoms with E-state index in [-0.39, 0.29) is 54.4 Å². The fourth-order valence-electron chi connectivity index (χ4n) is 4.49. The van der Waals surface area contributed by atoms with Crippen LogP contribution in [0.5, 0.6) is 0 Å². The second-order valence-corrected chi connectivity index (χ2v) is 6.68. The van der Waals surface area contributed by atoms with E-state index in [4.69, 9.17) is 14.7 Å². The Morgan fingerprint density at radius 1 is 1.44 bits per heavy atom. The number of nitrogens with zero attached hydrogens (tertiary/aromatic N) is 2. The van der Waals surface area contributed by atoms with Crippen LogP contribution in [0.2, 0.25) is 0 Å². The quantitative estimate of drug-likeness (QED) is 0.378. The van der Waals surface area contributed by atoms with Crippen LogP contribution in [0.4, 0.5) is 0 Å². The molecule has 0 aromatic rings. The van der Waals surface area contributed by atoms with E-state index >= 15 is 0 Å². The minimum Gasteiger partial charge on any atom is -0.488 e. The largest absolute Gasteiger partial charge is 0.488 e. The van der Waals surface area contributed by atoms with E-state index < -0.39 is 17.4 Å². The Labute approximate surface area is 144 Å². The Bertz CT molecular complexity index is 780. The summed E-state index contributed by atoms with van der Waals surface area (Å²) in [5.41, 5.74) is -0.0967. The highest BCUT2D eigenvalue weighted by Gasteiger charge is 2.72. The predicted molar refractivity (Wildman–Crippen MR) is 83.7 cm³/mol. The first-order valence-electron chi connectivity index (χ1n) is 8.26. The number of ketones is 2. The summed E-state index contributed by atoms with van der Waals surface area (Å²) in [5.74, 6) is -1.32. The molecule has 8 heteroatoms. The van der Waals surface area contributed by atoms with Crippen molar-refractivity contribution in [1.29, 1.82) is 5.26 Å². The van der Waals surface area contributed by atoms with Gasteiger partial charge in [0.25, 0.3) is 0 Å². The number of hydrogen-bond acceptors (Lipinski definition) is 8. The Morgan fingerprint density at radius 3 is 2.84 bits per heavy atom. The maximum Gasteiger partial charge on any atom is 0.226 e. The highest BCUT2D eigenvalue weighted by Crippen LogP contribution is 2.55. The average molecular weight is 345 g/mol. The Hall–Kier alpha value is -2.21. The minimum atomic E-state index is -0.919. The van der Waals surface area contributed by atoms with Gasteiger partial charge in [-0.25, -0.2) is 0 Å². The molecule has 0 saturated carbocycles. The van der Waals surface area contributed by atoms with Crippen LogP contribution >= 0.6 is 0 Å². The third kappa shape index (κ3) is 1.86.